The molecule has 1 heterocycles. The standard InChI is InChI=1S/C14H18ClFN2O2/c1-17-5-7-18(8-6-17)12(9-13(19)20)10-3-2-4-11(15)14(10)16/h2-4,12H,5-9H2,1H3,(H,19,20). The SMILES string of the molecule is CN1CCN(C(CC(=O)O)c2cccc(Cl)c2F)CC1. The molecule has 20 heavy (non-hydrogen) atoms. The van der Waals surface area contributed by atoms with Crippen LogP contribution in [0.25, 0.3) is 0 Å². The third kappa shape index (κ3) is 3.48. The van der Waals surface area contributed by atoms with Crippen LogP contribution in [0.15, 0.2) is 18.2 Å². The molecule has 1 atom stereocenters. The van der Waals surface area contributed by atoms with Crippen LogP contribution in [0.2, 0.25) is 5.02 Å². The van der Waals surface area contributed by atoms with Crippen molar-refractivity contribution in [3.8, 4) is 0 Å². The Balaban J connectivity index is 2.27. The molecule has 6 heteroatoms. The average molecular weight is 301 g/mol. The number of nitrogens with zero attached hydrogens (tertiary/aromatic N) is 2. The van der Waals surface area contributed by atoms with E-state index in [1.807, 2.05) is 11.9 Å². The second kappa shape index (κ2) is 6.52. The molecular formula is C14H18ClFN2O2. The van der Waals surface area contributed by atoms with E-state index < -0.39 is 17.8 Å². The van der Waals surface area contributed by atoms with Crippen molar-refractivity contribution in [1.29, 1.82) is 0 Å². The van der Waals surface area contributed by atoms with Crippen LogP contribution in [0.4, 0.5) is 4.39 Å². The van der Waals surface area contributed by atoms with Gasteiger partial charge in [0.15, 0.2) is 0 Å². The van der Waals surface area contributed by atoms with Crippen LogP contribution in [0, 0.1) is 5.82 Å². The molecule has 1 aromatic carbocycles. The number of likely N-dealkylation sites (N-methyl/N-ethyl adjacent to an activating group) is 1. The van der Waals surface area contributed by atoms with Gasteiger partial charge in [0.25, 0.3) is 0 Å². The molecule has 0 aromatic heterocycles. The normalized spacial score (nSPS) is 18.9. The van der Waals surface area contributed by atoms with E-state index in [0.29, 0.717) is 5.56 Å². The minimum absolute atomic E-state index is 0.0343. The highest BCUT2D eigenvalue weighted by Gasteiger charge is 2.28. The van der Waals surface area contributed by atoms with Gasteiger partial charge < -0.3 is 10.0 Å². The molecule has 1 unspecified atom stereocenters. The molecule has 1 aromatic rings. The van der Waals surface area contributed by atoms with E-state index in [-0.39, 0.29) is 11.4 Å². The van der Waals surface area contributed by atoms with E-state index in [4.69, 9.17) is 16.7 Å². The molecule has 0 amide bonds. The fourth-order valence-corrected chi connectivity index (χ4v) is 2.69. The molecular weight excluding hydrogens is 283 g/mol. The minimum Gasteiger partial charge on any atom is -0.481 e. The van der Waals surface area contributed by atoms with Crippen molar-refractivity contribution < 1.29 is 14.3 Å². The Morgan fingerprint density at radius 2 is 2.05 bits per heavy atom. The van der Waals surface area contributed by atoms with Gasteiger partial charge in [-0.1, -0.05) is 23.7 Å². The van der Waals surface area contributed by atoms with Crippen LogP contribution < -0.4 is 0 Å². The highest BCUT2D eigenvalue weighted by Crippen LogP contribution is 2.30. The molecule has 4 nitrogen and oxygen atoms in total. The van der Waals surface area contributed by atoms with Crippen molar-refractivity contribution >= 4 is 17.6 Å². The molecule has 1 fully saturated rings. The lowest BCUT2D eigenvalue weighted by Crippen LogP contribution is -2.46. The molecule has 0 bridgehead atoms. The monoisotopic (exact) mass is 300 g/mol. The number of benzene rings is 1. The molecule has 110 valence electrons. The van der Waals surface area contributed by atoms with Crippen LogP contribution in [-0.4, -0.2) is 54.1 Å². The molecule has 1 aliphatic heterocycles. The van der Waals surface area contributed by atoms with Gasteiger partial charge in [0, 0.05) is 37.8 Å². The zero-order valence-electron chi connectivity index (χ0n) is 11.4. The molecule has 0 radical (unpaired) electrons. The number of carbonyl (C=O) groups is 1. The Kier molecular flexibility index (Phi) is 4.96. The van der Waals surface area contributed by atoms with Gasteiger partial charge in [0.2, 0.25) is 0 Å². The first-order valence-electron chi connectivity index (χ1n) is 6.57. The first kappa shape index (κ1) is 15.2. The van der Waals surface area contributed by atoms with Gasteiger partial charge in [-0.15, -0.1) is 0 Å². The summed E-state index contributed by atoms with van der Waals surface area (Å²) in [6, 6.07) is 4.28. The molecule has 1 aliphatic rings. The summed E-state index contributed by atoms with van der Waals surface area (Å²) in [4.78, 5) is 15.3. The zero-order valence-corrected chi connectivity index (χ0v) is 12.1. The van der Waals surface area contributed by atoms with E-state index in [1.54, 1.807) is 12.1 Å². The zero-order chi connectivity index (χ0) is 14.7. The summed E-state index contributed by atoms with van der Waals surface area (Å²) < 4.78 is 14.2. The Hall–Kier alpha value is -1.17. The number of aliphatic carboxylic acids is 1. The Morgan fingerprint density at radius 1 is 1.40 bits per heavy atom. The number of hydrogen-bond donors (Lipinski definition) is 1. The topological polar surface area (TPSA) is 43.8 Å². The molecule has 0 aliphatic carbocycles. The maximum atomic E-state index is 14.2. The third-order valence-corrected chi connectivity index (χ3v) is 3.98. The molecule has 2 rings (SSSR count). The number of carboxylic acids is 1. The highest BCUT2D eigenvalue weighted by atomic mass is 35.5. The summed E-state index contributed by atoms with van der Waals surface area (Å²) in [7, 11) is 2.02. The maximum Gasteiger partial charge on any atom is 0.305 e. The average Bonchev–Trinajstić information content (AvgIpc) is 2.40. The van der Waals surface area contributed by atoms with E-state index in [1.165, 1.54) is 6.07 Å². The highest BCUT2D eigenvalue weighted by molar-refractivity contribution is 6.30. The number of rotatable bonds is 4. The third-order valence-electron chi connectivity index (χ3n) is 3.69. The van der Waals surface area contributed by atoms with Gasteiger partial charge in [0.1, 0.15) is 5.82 Å². The van der Waals surface area contributed by atoms with Crippen LogP contribution in [0.1, 0.15) is 18.0 Å². The number of hydrogen-bond acceptors (Lipinski definition) is 3. The summed E-state index contributed by atoms with van der Waals surface area (Å²) in [5.41, 5.74) is 0.365. The second-order valence-corrected chi connectivity index (χ2v) is 5.50. The summed E-state index contributed by atoms with van der Waals surface area (Å²) in [6.45, 7) is 3.14. The summed E-state index contributed by atoms with van der Waals surface area (Å²) in [5, 5.41) is 9.13. The minimum atomic E-state index is -0.937. The number of halogens is 2. The Morgan fingerprint density at radius 3 is 2.65 bits per heavy atom. The molecule has 1 N–H and O–H groups in total. The van der Waals surface area contributed by atoms with Gasteiger partial charge in [-0.2, -0.15) is 0 Å². The van der Waals surface area contributed by atoms with Gasteiger partial charge in [-0.05, 0) is 13.1 Å². The lowest BCUT2D eigenvalue weighted by Gasteiger charge is -2.37. The van der Waals surface area contributed by atoms with Gasteiger partial charge in [0.05, 0.1) is 11.4 Å². The number of piperazine rings is 1. The van der Waals surface area contributed by atoms with Crippen LogP contribution >= 0.6 is 11.6 Å². The van der Waals surface area contributed by atoms with Crippen molar-refractivity contribution in [3.63, 3.8) is 0 Å². The predicted molar refractivity (Wildman–Crippen MR) is 75.5 cm³/mol. The van der Waals surface area contributed by atoms with Crippen molar-refractivity contribution in [3.05, 3.63) is 34.6 Å². The lowest BCUT2D eigenvalue weighted by atomic mass is 10.0. The van der Waals surface area contributed by atoms with E-state index in [0.717, 1.165) is 26.2 Å². The molecule has 0 spiro atoms. The number of carboxylic acid groups (broad SMARTS) is 1. The lowest BCUT2D eigenvalue weighted by molar-refractivity contribution is -0.138. The maximum absolute atomic E-state index is 14.2. The first-order valence-corrected chi connectivity index (χ1v) is 6.95. The quantitative estimate of drug-likeness (QED) is 0.926. The Bertz CT molecular complexity index is 490. The van der Waals surface area contributed by atoms with Gasteiger partial charge in [-0.25, -0.2) is 4.39 Å². The van der Waals surface area contributed by atoms with Crippen molar-refractivity contribution in [2.24, 2.45) is 0 Å². The predicted octanol–water partition coefficient (Wildman–Crippen LogP) is 2.24. The van der Waals surface area contributed by atoms with Gasteiger partial charge >= 0.3 is 5.97 Å². The Labute approximate surface area is 122 Å². The van der Waals surface area contributed by atoms with Crippen LogP contribution in [-0.2, 0) is 4.79 Å². The molecule has 1 saturated heterocycles. The molecule has 0 saturated carbocycles. The van der Waals surface area contributed by atoms with Crippen molar-refractivity contribution in [1.82, 2.24) is 9.80 Å². The van der Waals surface area contributed by atoms with E-state index >= 15 is 0 Å². The van der Waals surface area contributed by atoms with Crippen molar-refractivity contribution in [2.45, 2.75) is 12.5 Å². The van der Waals surface area contributed by atoms with Crippen LogP contribution in [0.5, 0.6) is 0 Å². The van der Waals surface area contributed by atoms with E-state index in [2.05, 4.69) is 4.90 Å². The van der Waals surface area contributed by atoms with E-state index in [9.17, 15) is 9.18 Å². The van der Waals surface area contributed by atoms with Crippen LogP contribution in [0.3, 0.4) is 0 Å². The summed E-state index contributed by atoms with van der Waals surface area (Å²) >= 11 is 5.81. The fraction of sp³-hybridized carbons (Fsp3) is 0.500. The summed E-state index contributed by atoms with van der Waals surface area (Å²) in [5.74, 6) is -1.45. The second-order valence-electron chi connectivity index (χ2n) is 5.10. The smallest absolute Gasteiger partial charge is 0.305 e. The van der Waals surface area contributed by atoms with Gasteiger partial charge in [-0.3, -0.25) is 9.69 Å². The van der Waals surface area contributed by atoms with Crippen molar-refractivity contribution in [2.75, 3.05) is 33.2 Å². The fourth-order valence-electron chi connectivity index (χ4n) is 2.51. The summed E-state index contributed by atoms with van der Waals surface area (Å²) in [6.07, 6.45) is -0.124. The first-order chi connectivity index (χ1) is 9.49. The largest absolute Gasteiger partial charge is 0.481 e.